The summed E-state index contributed by atoms with van der Waals surface area (Å²) in [6.45, 7) is -3.94. The molecule has 0 saturated heterocycles. The van der Waals surface area contributed by atoms with Crippen molar-refractivity contribution in [2.24, 2.45) is 0 Å². The molecule has 0 aromatic rings. The summed E-state index contributed by atoms with van der Waals surface area (Å²) >= 11 is 0. The van der Waals surface area contributed by atoms with Crippen molar-refractivity contribution in [3.63, 3.8) is 0 Å². The van der Waals surface area contributed by atoms with Crippen LogP contribution in [0, 0.1) is 0 Å². The van der Waals surface area contributed by atoms with Crippen LogP contribution in [0.25, 0.3) is 0 Å². The zero-order chi connectivity index (χ0) is 31.4. The second-order valence-corrected chi connectivity index (χ2v) is 7.44. The van der Waals surface area contributed by atoms with Gasteiger partial charge in [0.05, 0.1) is 50.3 Å². The number of hydrogen-bond donors (Lipinski definition) is 4. The van der Waals surface area contributed by atoms with Gasteiger partial charge < -0.3 is 69.5 Å². The minimum absolute atomic E-state index is 0. The van der Waals surface area contributed by atoms with Crippen LogP contribution in [-0.2, 0) is 47.8 Å². The summed E-state index contributed by atoms with van der Waals surface area (Å²) < 4.78 is 9.26. The van der Waals surface area contributed by atoms with Gasteiger partial charge in [0.1, 0.15) is 13.2 Å². The zero-order valence-electron chi connectivity index (χ0n) is 24.6. The number of nitrogens with zero attached hydrogens (tertiary/aromatic N) is 2. The summed E-state index contributed by atoms with van der Waals surface area (Å²) in [6, 6.07) is -3.41. The number of ether oxygens (including phenoxy) is 2. The van der Waals surface area contributed by atoms with Crippen LogP contribution in [0.2, 0.25) is 0 Å². The van der Waals surface area contributed by atoms with E-state index in [2.05, 4.69) is 9.47 Å². The quantitative estimate of drug-likeness (QED) is 0.0611. The number of carboxylic acid groups (broad SMARTS) is 8. The molecular weight excluding hydrogens is 648 g/mol. The van der Waals surface area contributed by atoms with Crippen molar-refractivity contribution in [3.8, 4) is 0 Å². The van der Waals surface area contributed by atoms with Crippen molar-refractivity contribution in [2.75, 3.05) is 52.6 Å². The maximum atomic E-state index is 10.8. The van der Waals surface area contributed by atoms with E-state index in [-0.39, 0.29) is 145 Å². The van der Waals surface area contributed by atoms with Gasteiger partial charge in [-0.25, -0.2) is 9.59 Å². The first-order valence-electron chi connectivity index (χ1n) is 10.8. The van der Waals surface area contributed by atoms with Crippen LogP contribution in [0.3, 0.4) is 0 Å². The van der Waals surface area contributed by atoms with Gasteiger partial charge in [0.15, 0.2) is 0 Å². The summed E-state index contributed by atoms with van der Waals surface area (Å²) in [7, 11) is 0. The first-order valence-corrected chi connectivity index (χ1v) is 10.8. The van der Waals surface area contributed by atoms with Gasteiger partial charge in [-0.15, -0.1) is 0 Å². The van der Waals surface area contributed by atoms with Gasteiger partial charge in [-0.3, -0.25) is 19.4 Å². The van der Waals surface area contributed by atoms with E-state index in [0.29, 0.717) is 0 Å². The molecular formula is C20H26N2Na4O18. The Kier molecular flexibility index (Phi) is 41.4. The van der Waals surface area contributed by atoms with Crippen LogP contribution in [0.1, 0.15) is 12.8 Å². The molecule has 2 atom stereocenters. The van der Waals surface area contributed by atoms with Crippen molar-refractivity contribution in [1.82, 2.24) is 9.80 Å². The van der Waals surface area contributed by atoms with Gasteiger partial charge in [0, 0.05) is 37.9 Å². The normalized spacial score (nSPS) is 11.0. The summed E-state index contributed by atoms with van der Waals surface area (Å²) in [5.74, 6) is -12.2. The number of carboxylic acids is 8. The van der Waals surface area contributed by atoms with E-state index in [1.807, 2.05) is 0 Å². The van der Waals surface area contributed by atoms with E-state index >= 15 is 0 Å². The molecule has 0 spiro atoms. The van der Waals surface area contributed by atoms with Gasteiger partial charge in [-0.1, -0.05) is 0 Å². The van der Waals surface area contributed by atoms with Crippen LogP contribution in [0.5, 0.6) is 0 Å². The molecule has 0 fully saturated rings. The summed E-state index contributed by atoms with van der Waals surface area (Å²) in [4.78, 5) is 85.7. The molecule has 0 aromatic carbocycles. The summed E-state index contributed by atoms with van der Waals surface area (Å²) in [5, 5.41) is 76.4. The second-order valence-electron chi connectivity index (χ2n) is 7.44. The third kappa shape index (κ3) is 33.0. The minimum Gasteiger partial charge on any atom is -0.550 e. The smallest absolute Gasteiger partial charge is 0.550 e. The first-order chi connectivity index (χ1) is 18.5. The largest absolute Gasteiger partial charge is 1.00 e. The van der Waals surface area contributed by atoms with Gasteiger partial charge in [-0.05, 0) is 0 Å². The molecule has 0 heterocycles. The standard InChI is InChI=1S/2C10H15NO9.4Na/c2*12-7(13)3-6(10(18)19)11(4-8(14)15)1-2-20-5-9(16)17;;;;/h2*6H,1-5H2,(H,12,13)(H,14,15)(H,16,17)(H,18,19);;;;/q;;4*+1/p-4/t2*6-;;;;/m00..../s1. The third-order valence-corrected chi connectivity index (χ3v) is 4.32. The molecule has 0 amide bonds. The molecule has 20 nitrogen and oxygen atoms in total. The summed E-state index contributed by atoms with van der Waals surface area (Å²) in [5.41, 5.74) is 0. The first kappa shape index (κ1) is 56.0. The van der Waals surface area contributed by atoms with Crippen molar-refractivity contribution >= 4 is 47.8 Å². The van der Waals surface area contributed by atoms with E-state index in [1.165, 1.54) is 0 Å². The fourth-order valence-electron chi connectivity index (χ4n) is 2.76. The topological polar surface area (TPSA) is 335 Å². The number of carbonyl (C=O) groups is 8. The Morgan fingerprint density at radius 3 is 0.977 bits per heavy atom. The van der Waals surface area contributed by atoms with Crippen LogP contribution in [-0.4, -0.2) is 143 Å². The van der Waals surface area contributed by atoms with Gasteiger partial charge in [0.2, 0.25) is 0 Å². The number of hydrogen-bond acceptors (Lipinski definition) is 16. The zero-order valence-corrected chi connectivity index (χ0v) is 32.6. The van der Waals surface area contributed by atoms with Crippen molar-refractivity contribution in [1.29, 1.82) is 0 Å². The Morgan fingerprint density at radius 2 is 0.795 bits per heavy atom. The van der Waals surface area contributed by atoms with Crippen LogP contribution < -0.4 is 139 Å². The molecule has 0 aliphatic carbocycles. The van der Waals surface area contributed by atoms with E-state index in [1.54, 1.807) is 0 Å². The predicted molar refractivity (Wildman–Crippen MR) is 112 cm³/mol. The molecule has 44 heavy (non-hydrogen) atoms. The van der Waals surface area contributed by atoms with Gasteiger partial charge in [-0.2, -0.15) is 0 Å². The van der Waals surface area contributed by atoms with Crippen LogP contribution in [0.15, 0.2) is 0 Å². The molecule has 0 aliphatic rings. The SMILES string of the molecule is O=C([O-])C[C@@H](C(=O)[O-])N(CCOCC(=O)O)CC(=O)O.O=C([O-])C[C@@H](C(=O)[O-])N(CCOCC(=O)O)CC(=O)O.[Na+].[Na+].[Na+].[Na+]. The molecule has 0 aliphatic heterocycles. The molecule has 4 N–H and O–H groups in total. The average molecular weight is 674 g/mol. The van der Waals surface area contributed by atoms with Crippen LogP contribution >= 0.6 is 0 Å². The van der Waals surface area contributed by atoms with Crippen molar-refractivity contribution < 1.29 is 207 Å². The van der Waals surface area contributed by atoms with E-state index in [9.17, 15) is 58.8 Å². The number of rotatable bonds is 22. The Balaban J connectivity index is -0.000000150. The molecule has 0 rings (SSSR count). The monoisotopic (exact) mass is 674 g/mol. The Bertz CT molecular complexity index is 853. The molecule has 0 bridgehead atoms. The van der Waals surface area contributed by atoms with Crippen molar-refractivity contribution in [2.45, 2.75) is 24.9 Å². The third-order valence-electron chi connectivity index (χ3n) is 4.32. The van der Waals surface area contributed by atoms with E-state index in [0.717, 1.165) is 9.80 Å². The predicted octanol–water partition coefficient (Wildman–Crippen LogP) is -20.5. The Morgan fingerprint density at radius 1 is 0.523 bits per heavy atom. The van der Waals surface area contributed by atoms with Crippen LogP contribution in [0.4, 0.5) is 0 Å². The van der Waals surface area contributed by atoms with Crippen molar-refractivity contribution in [3.05, 3.63) is 0 Å². The molecule has 24 heteroatoms. The average Bonchev–Trinajstić information content (AvgIpc) is 2.79. The maximum absolute atomic E-state index is 10.8. The summed E-state index contributed by atoms with van der Waals surface area (Å²) in [6.07, 6.45) is -1.90. The number of carbonyl (C=O) groups excluding carboxylic acids is 4. The fourth-order valence-corrected chi connectivity index (χ4v) is 2.76. The molecule has 0 unspecified atom stereocenters. The maximum Gasteiger partial charge on any atom is 1.00 e. The molecule has 0 saturated carbocycles. The number of aliphatic carboxylic acids is 8. The Hall–Kier alpha value is -0.400. The fraction of sp³-hybridized carbons (Fsp3) is 0.600. The Labute approximate surface area is 338 Å². The van der Waals surface area contributed by atoms with Gasteiger partial charge in [0.25, 0.3) is 0 Å². The minimum atomic E-state index is -1.77. The molecule has 0 radical (unpaired) electrons. The van der Waals surface area contributed by atoms with E-state index in [4.69, 9.17) is 20.4 Å². The van der Waals surface area contributed by atoms with E-state index < -0.39 is 99.0 Å². The van der Waals surface area contributed by atoms with Gasteiger partial charge >= 0.3 is 142 Å². The molecule has 228 valence electrons. The second kappa shape index (κ2) is 32.5. The molecule has 0 aromatic heterocycles.